The van der Waals surface area contributed by atoms with Crippen LogP contribution in [0, 0.1) is 17.1 Å². The second-order valence-corrected chi connectivity index (χ2v) is 5.57. The molecule has 0 unspecified atom stereocenters. The molecule has 0 atom stereocenters. The molecule has 1 aromatic carbocycles. The number of amides is 1. The van der Waals surface area contributed by atoms with Gasteiger partial charge in [-0.05, 0) is 52.0 Å². The molecule has 0 saturated carbocycles. The number of hydrogen-bond donors (Lipinski definition) is 1. The molecule has 0 aliphatic rings. The maximum absolute atomic E-state index is 12.8. The smallest absolute Gasteiger partial charge is 0.267 e. The molecule has 0 bridgehead atoms. The van der Waals surface area contributed by atoms with Gasteiger partial charge in [0.2, 0.25) is 0 Å². The molecule has 0 aliphatic heterocycles. The maximum Gasteiger partial charge on any atom is 0.267 e. The molecule has 0 radical (unpaired) electrons. The number of nitriles is 1. The summed E-state index contributed by atoms with van der Waals surface area (Å²) in [6.07, 6.45) is 1.55. The molecule has 0 spiro atoms. The Hall–Kier alpha value is -2.35. The highest BCUT2D eigenvalue weighted by Gasteiger charge is 2.19. The number of halogens is 1. The van der Waals surface area contributed by atoms with E-state index in [4.69, 9.17) is 5.26 Å². The number of carbonyl (C=O) groups is 1. The minimum Gasteiger partial charge on any atom is -0.372 e. The minimum atomic E-state index is -0.508. The summed E-state index contributed by atoms with van der Waals surface area (Å²) >= 11 is 0. The molecule has 0 fully saturated rings. The fourth-order valence-corrected chi connectivity index (χ4v) is 1.79. The van der Waals surface area contributed by atoms with Crippen molar-refractivity contribution in [2.24, 2.45) is 0 Å². The van der Waals surface area contributed by atoms with Crippen LogP contribution >= 0.6 is 0 Å². The average molecular weight is 289 g/mol. The van der Waals surface area contributed by atoms with Gasteiger partial charge in [0.05, 0.1) is 0 Å². The van der Waals surface area contributed by atoms with Gasteiger partial charge in [0.15, 0.2) is 0 Å². The van der Waals surface area contributed by atoms with E-state index < -0.39 is 5.91 Å². The van der Waals surface area contributed by atoms with Crippen LogP contribution in [0.5, 0.6) is 0 Å². The quantitative estimate of drug-likeness (QED) is 0.683. The minimum absolute atomic E-state index is 0.0103. The fraction of sp³-hybridized carbons (Fsp3) is 0.375. The average Bonchev–Trinajstić information content (AvgIpc) is 2.41. The van der Waals surface area contributed by atoms with Crippen LogP contribution in [0.2, 0.25) is 0 Å². The molecule has 1 rings (SSSR count). The van der Waals surface area contributed by atoms with Gasteiger partial charge in [-0.1, -0.05) is 0 Å². The molecule has 1 amide bonds. The molecule has 1 aromatic rings. The first-order valence-corrected chi connectivity index (χ1v) is 6.73. The third-order valence-electron chi connectivity index (χ3n) is 2.95. The summed E-state index contributed by atoms with van der Waals surface area (Å²) in [7, 11) is 0. The zero-order valence-electron chi connectivity index (χ0n) is 12.8. The summed E-state index contributed by atoms with van der Waals surface area (Å²) < 4.78 is 12.8. The summed E-state index contributed by atoms with van der Waals surface area (Å²) in [5, 5.41) is 11.7. The number of carbonyl (C=O) groups excluding carboxylic acids is 1. The SMILES string of the molecule is CCN(/C=C(/C#N)C(=O)Nc1ccc(F)cc1)C(C)(C)C. The third kappa shape index (κ3) is 4.92. The van der Waals surface area contributed by atoms with Crippen molar-refractivity contribution in [1.82, 2.24) is 4.90 Å². The van der Waals surface area contributed by atoms with E-state index in [1.807, 2.05) is 38.7 Å². The predicted octanol–water partition coefficient (Wildman–Crippen LogP) is 3.29. The number of benzene rings is 1. The Balaban J connectivity index is 2.91. The van der Waals surface area contributed by atoms with E-state index in [0.717, 1.165) is 0 Å². The van der Waals surface area contributed by atoms with Crippen molar-refractivity contribution in [3.05, 3.63) is 41.9 Å². The van der Waals surface area contributed by atoms with Crippen molar-refractivity contribution < 1.29 is 9.18 Å². The van der Waals surface area contributed by atoms with E-state index in [0.29, 0.717) is 12.2 Å². The van der Waals surface area contributed by atoms with Crippen LogP contribution in [0.3, 0.4) is 0 Å². The Bertz CT molecular complexity index is 565. The number of nitrogens with one attached hydrogen (secondary N) is 1. The molecule has 0 aromatic heterocycles. The molecule has 5 heteroatoms. The standard InChI is InChI=1S/C16H20FN3O/c1-5-20(16(2,3)4)11-12(10-18)15(21)19-14-8-6-13(17)7-9-14/h6-9,11H,5H2,1-4H3,(H,19,21)/b12-11-. The summed E-state index contributed by atoms with van der Waals surface area (Å²) in [4.78, 5) is 14.0. The normalized spacial score (nSPS) is 11.7. The molecule has 0 aliphatic carbocycles. The lowest BCUT2D eigenvalue weighted by molar-refractivity contribution is -0.112. The Kier molecular flexibility index (Phi) is 5.48. The topological polar surface area (TPSA) is 56.1 Å². The summed E-state index contributed by atoms with van der Waals surface area (Å²) in [6, 6.07) is 7.30. The summed E-state index contributed by atoms with van der Waals surface area (Å²) in [5.41, 5.74) is 0.268. The van der Waals surface area contributed by atoms with Gasteiger partial charge in [-0.15, -0.1) is 0 Å². The number of nitrogens with zero attached hydrogens (tertiary/aromatic N) is 2. The van der Waals surface area contributed by atoms with Crippen molar-refractivity contribution in [3.63, 3.8) is 0 Å². The highest BCUT2D eigenvalue weighted by molar-refractivity contribution is 6.06. The number of anilines is 1. The van der Waals surface area contributed by atoms with Gasteiger partial charge in [-0.25, -0.2) is 4.39 Å². The predicted molar refractivity (Wildman–Crippen MR) is 80.9 cm³/mol. The zero-order valence-corrected chi connectivity index (χ0v) is 12.8. The van der Waals surface area contributed by atoms with Gasteiger partial charge in [0.25, 0.3) is 5.91 Å². The van der Waals surface area contributed by atoms with Crippen molar-refractivity contribution in [2.75, 3.05) is 11.9 Å². The zero-order chi connectivity index (χ0) is 16.0. The first-order chi connectivity index (χ1) is 9.77. The molecule has 4 nitrogen and oxygen atoms in total. The van der Waals surface area contributed by atoms with Crippen molar-refractivity contribution >= 4 is 11.6 Å². The van der Waals surface area contributed by atoms with E-state index in [1.54, 1.807) is 6.20 Å². The Morgan fingerprint density at radius 1 is 1.38 bits per heavy atom. The molecule has 1 N–H and O–H groups in total. The maximum atomic E-state index is 12.8. The Morgan fingerprint density at radius 3 is 2.38 bits per heavy atom. The highest BCUT2D eigenvalue weighted by Crippen LogP contribution is 2.16. The van der Waals surface area contributed by atoms with E-state index >= 15 is 0 Å². The van der Waals surface area contributed by atoms with Crippen molar-refractivity contribution in [1.29, 1.82) is 5.26 Å². The second-order valence-electron chi connectivity index (χ2n) is 5.57. The van der Waals surface area contributed by atoms with Gasteiger partial charge in [0, 0.05) is 24.0 Å². The molecule has 21 heavy (non-hydrogen) atoms. The third-order valence-corrected chi connectivity index (χ3v) is 2.95. The molecule has 0 saturated heterocycles. The van der Waals surface area contributed by atoms with Crippen LogP contribution in [0.4, 0.5) is 10.1 Å². The van der Waals surface area contributed by atoms with Crippen LogP contribution in [-0.2, 0) is 4.79 Å². The van der Waals surface area contributed by atoms with Gasteiger partial charge >= 0.3 is 0 Å². The number of hydrogen-bond acceptors (Lipinski definition) is 3. The molecule has 112 valence electrons. The Morgan fingerprint density at radius 2 is 1.95 bits per heavy atom. The summed E-state index contributed by atoms with van der Waals surface area (Å²) in [6.45, 7) is 8.63. The van der Waals surface area contributed by atoms with E-state index in [-0.39, 0.29) is 16.9 Å². The van der Waals surface area contributed by atoms with Gasteiger partial charge in [-0.2, -0.15) is 5.26 Å². The van der Waals surface area contributed by atoms with Crippen LogP contribution in [0.15, 0.2) is 36.0 Å². The lowest BCUT2D eigenvalue weighted by atomic mass is 10.1. The van der Waals surface area contributed by atoms with Gasteiger partial charge in [0.1, 0.15) is 17.5 Å². The monoisotopic (exact) mass is 289 g/mol. The number of rotatable bonds is 4. The largest absolute Gasteiger partial charge is 0.372 e. The van der Waals surface area contributed by atoms with Gasteiger partial charge < -0.3 is 10.2 Å². The second kappa shape index (κ2) is 6.89. The van der Waals surface area contributed by atoms with E-state index in [9.17, 15) is 9.18 Å². The first kappa shape index (κ1) is 16.7. The Labute approximate surface area is 124 Å². The molecular formula is C16H20FN3O. The van der Waals surface area contributed by atoms with Crippen LogP contribution < -0.4 is 5.32 Å². The fourth-order valence-electron chi connectivity index (χ4n) is 1.79. The lowest BCUT2D eigenvalue weighted by Crippen LogP contribution is -2.37. The van der Waals surface area contributed by atoms with Gasteiger partial charge in [-0.3, -0.25) is 4.79 Å². The first-order valence-electron chi connectivity index (χ1n) is 6.73. The van der Waals surface area contributed by atoms with Crippen molar-refractivity contribution in [2.45, 2.75) is 33.2 Å². The van der Waals surface area contributed by atoms with Crippen LogP contribution in [0.1, 0.15) is 27.7 Å². The van der Waals surface area contributed by atoms with Crippen molar-refractivity contribution in [3.8, 4) is 6.07 Å². The van der Waals surface area contributed by atoms with Crippen LogP contribution in [0.25, 0.3) is 0 Å². The molecule has 0 heterocycles. The highest BCUT2D eigenvalue weighted by atomic mass is 19.1. The van der Waals surface area contributed by atoms with Crippen LogP contribution in [-0.4, -0.2) is 22.9 Å². The molecular weight excluding hydrogens is 269 g/mol. The van der Waals surface area contributed by atoms with E-state index in [1.165, 1.54) is 24.3 Å². The summed E-state index contributed by atoms with van der Waals surface area (Å²) in [5.74, 6) is -0.888. The lowest BCUT2D eigenvalue weighted by Gasteiger charge is -2.33. The van der Waals surface area contributed by atoms with E-state index in [2.05, 4.69) is 5.32 Å².